The van der Waals surface area contributed by atoms with Crippen molar-refractivity contribution in [3.05, 3.63) is 58.9 Å². The number of halogens is 1. The monoisotopic (exact) mass is 393 g/mol. The molecule has 1 aromatic heterocycles. The molecule has 0 aliphatic rings. The van der Waals surface area contributed by atoms with Crippen molar-refractivity contribution in [2.45, 2.75) is 18.4 Å². The van der Waals surface area contributed by atoms with Gasteiger partial charge in [0, 0.05) is 10.6 Å². The first kappa shape index (κ1) is 18.4. The summed E-state index contributed by atoms with van der Waals surface area (Å²) >= 11 is 5.89. The minimum absolute atomic E-state index is 0.0640. The van der Waals surface area contributed by atoms with Gasteiger partial charge in [-0.3, -0.25) is 0 Å². The first-order chi connectivity index (χ1) is 12.4. The first-order valence-electron chi connectivity index (χ1n) is 7.61. The molecular weight excluding hydrogens is 378 g/mol. The fourth-order valence-corrected chi connectivity index (χ4v) is 3.72. The molecule has 0 radical (unpaired) electrons. The molecule has 26 heavy (non-hydrogen) atoms. The second-order valence-electron chi connectivity index (χ2n) is 5.49. The number of methoxy groups -OCH3 is 1. The molecule has 136 valence electrons. The summed E-state index contributed by atoms with van der Waals surface area (Å²) in [6.45, 7) is 1.80. The Bertz CT molecular complexity index is 1030. The van der Waals surface area contributed by atoms with Gasteiger partial charge in [0.15, 0.2) is 0 Å². The Morgan fingerprint density at radius 3 is 2.73 bits per heavy atom. The van der Waals surface area contributed by atoms with E-state index in [1.807, 2.05) is 31.2 Å². The predicted octanol–water partition coefficient (Wildman–Crippen LogP) is 3.19. The van der Waals surface area contributed by atoms with Gasteiger partial charge in [-0.1, -0.05) is 29.3 Å². The van der Waals surface area contributed by atoms with Crippen molar-refractivity contribution in [1.29, 1.82) is 0 Å². The van der Waals surface area contributed by atoms with Crippen LogP contribution >= 0.6 is 11.6 Å². The van der Waals surface area contributed by atoms with Crippen LogP contribution in [-0.2, 0) is 16.6 Å². The zero-order chi connectivity index (χ0) is 18.7. The number of benzene rings is 2. The fourth-order valence-electron chi connectivity index (χ4n) is 2.31. The van der Waals surface area contributed by atoms with E-state index in [4.69, 9.17) is 20.8 Å². The van der Waals surface area contributed by atoms with Crippen LogP contribution in [0.5, 0.6) is 5.75 Å². The molecule has 2 aromatic carbocycles. The number of hydrogen-bond acceptors (Lipinski definition) is 6. The summed E-state index contributed by atoms with van der Waals surface area (Å²) < 4.78 is 38.1. The molecule has 0 amide bonds. The minimum Gasteiger partial charge on any atom is -0.495 e. The lowest BCUT2D eigenvalue weighted by Crippen LogP contribution is -2.24. The van der Waals surface area contributed by atoms with Crippen LogP contribution in [0.1, 0.15) is 11.5 Å². The molecule has 0 atom stereocenters. The van der Waals surface area contributed by atoms with Crippen molar-refractivity contribution in [2.24, 2.45) is 0 Å². The van der Waals surface area contributed by atoms with Gasteiger partial charge in [-0.25, -0.2) is 13.1 Å². The maximum absolute atomic E-state index is 12.5. The molecule has 0 unspecified atom stereocenters. The van der Waals surface area contributed by atoms with Gasteiger partial charge in [0.25, 0.3) is 0 Å². The first-order valence-corrected chi connectivity index (χ1v) is 9.48. The third-order valence-corrected chi connectivity index (χ3v) is 5.22. The van der Waals surface area contributed by atoms with Crippen LogP contribution < -0.4 is 9.46 Å². The van der Waals surface area contributed by atoms with Crippen LogP contribution in [-0.4, -0.2) is 25.7 Å². The molecule has 9 heteroatoms. The SMILES string of the molecule is COc1ccc(Cl)cc1S(=O)(=O)NCc1nnc(-c2cccc(C)c2)o1. The quantitative estimate of drug-likeness (QED) is 0.691. The number of hydrogen-bond donors (Lipinski definition) is 1. The number of rotatable bonds is 6. The van der Waals surface area contributed by atoms with Gasteiger partial charge in [0.05, 0.1) is 13.7 Å². The van der Waals surface area contributed by atoms with Crippen LogP contribution in [0.2, 0.25) is 5.02 Å². The Balaban J connectivity index is 1.78. The van der Waals surface area contributed by atoms with E-state index in [1.165, 1.54) is 19.2 Å². The molecule has 0 bridgehead atoms. The van der Waals surface area contributed by atoms with E-state index < -0.39 is 10.0 Å². The van der Waals surface area contributed by atoms with Crippen LogP contribution in [0.4, 0.5) is 0 Å². The molecule has 0 saturated heterocycles. The highest BCUT2D eigenvalue weighted by atomic mass is 35.5. The van der Waals surface area contributed by atoms with Gasteiger partial charge < -0.3 is 9.15 Å². The largest absolute Gasteiger partial charge is 0.495 e. The molecule has 0 aliphatic carbocycles. The molecule has 0 saturated carbocycles. The molecule has 7 nitrogen and oxygen atoms in total. The molecule has 0 fully saturated rings. The maximum atomic E-state index is 12.5. The Morgan fingerprint density at radius 1 is 1.19 bits per heavy atom. The van der Waals surface area contributed by atoms with Crippen LogP contribution in [0.25, 0.3) is 11.5 Å². The highest BCUT2D eigenvalue weighted by Gasteiger charge is 2.21. The highest BCUT2D eigenvalue weighted by Crippen LogP contribution is 2.27. The fraction of sp³-hybridized carbons (Fsp3) is 0.176. The predicted molar refractivity (Wildman–Crippen MR) is 96.5 cm³/mol. The molecule has 3 rings (SSSR count). The Kier molecular flexibility index (Phi) is 5.26. The van der Waals surface area contributed by atoms with Gasteiger partial charge >= 0.3 is 0 Å². The number of sulfonamides is 1. The highest BCUT2D eigenvalue weighted by molar-refractivity contribution is 7.89. The number of nitrogens with zero attached hydrogens (tertiary/aromatic N) is 2. The van der Waals surface area contributed by atoms with E-state index in [9.17, 15) is 8.42 Å². The van der Waals surface area contributed by atoms with Crippen LogP contribution in [0.3, 0.4) is 0 Å². The second-order valence-corrected chi connectivity index (χ2v) is 7.66. The van der Waals surface area contributed by atoms with Gasteiger partial charge in [-0.05, 0) is 37.3 Å². The molecule has 0 spiro atoms. The zero-order valence-corrected chi connectivity index (χ0v) is 15.6. The molecular formula is C17H16ClN3O4S. The molecule has 0 aliphatic heterocycles. The van der Waals surface area contributed by atoms with Gasteiger partial charge in [-0.2, -0.15) is 0 Å². The summed E-state index contributed by atoms with van der Waals surface area (Å²) in [5.41, 5.74) is 1.82. The number of aromatic nitrogens is 2. The van der Waals surface area contributed by atoms with Crippen molar-refractivity contribution >= 4 is 21.6 Å². The number of aryl methyl sites for hydroxylation is 1. The van der Waals surface area contributed by atoms with E-state index in [1.54, 1.807) is 6.07 Å². The smallest absolute Gasteiger partial charge is 0.247 e. The maximum Gasteiger partial charge on any atom is 0.247 e. The number of ether oxygens (including phenoxy) is 1. The van der Waals surface area contributed by atoms with Crippen molar-refractivity contribution in [3.63, 3.8) is 0 Å². The van der Waals surface area contributed by atoms with E-state index in [0.717, 1.165) is 11.1 Å². The van der Waals surface area contributed by atoms with Crippen LogP contribution in [0, 0.1) is 6.92 Å². The third kappa shape index (κ3) is 4.04. The summed E-state index contributed by atoms with van der Waals surface area (Å²) in [4.78, 5) is -0.0640. The molecule has 1 heterocycles. The van der Waals surface area contributed by atoms with Gasteiger partial charge in [0.1, 0.15) is 10.6 Å². The summed E-state index contributed by atoms with van der Waals surface area (Å²) in [7, 11) is -2.49. The van der Waals surface area contributed by atoms with E-state index >= 15 is 0 Å². The Hall–Kier alpha value is -2.42. The third-order valence-electron chi connectivity index (χ3n) is 3.56. The summed E-state index contributed by atoms with van der Waals surface area (Å²) in [5, 5.41) is 8.11. The van der Waals surface area contributed by atoms with E-state index in [2.05, 4.69) is 14.9 Å². The summed E-state index contributed by atoms with van der Waals surface area (Å²) in [6.07, 6.45) is 0. The van der Waals surface area contributed by atoms with Crippen molar-refractivity contribution in [3.8, 4) is 17.2 Å². The molecule has 1 N–H and O–H groups in total. The van der Waals surface area contributed by atoms with Gasteiger partial charge in [-0.15, -0.1) is 10.2 Å². The van der Waals surface area contributed by atoms with E-state index in [0.29, 0.717) is 5.89 Å². The Morgan fingerprint density at radius 2 is 2.00 bits per heavy atom. The Labute approximate surface area is 156 Å². The molecule has 3 aromatic rings. The lowest BCUT2D eigenvalue weighted by Gasteiger charge is -2.10. The van der Waals surface area contributed by atoms with Crippen molar-refractivity contribution in [1.82, 2.24) is 14.9 Å². The van der Waals surface area contributed by atoms with E-state index in [-0.39, 0.29) is 28.1 Å². The normalized spacial score (nSPS) is 11.5. The van der Waals surface area contributed by atoms with Crippen molar-refractivity contribution in [2.75, 3.05) is 7.11 Å². The van der Waals surface area contributed by atoms with Gasteiger partial charge in [0.2, 0.25) is 21.8 Å². The lowest BCUT2D eigenvalue weighted by molar-refractivity contribution is 0.402. The average molecular weight is 394 g/mol. The average Bonchev–Trinajstić information content (AvgIpc) is 3.09. The second kappa shape index (κ2) is 7.45. The lowest BCUT2D eigenvalue weighted by atomic mass is 10.1. The summed E-state index contributed by atoms with van der Waals surface area (Å²) in [6, 6.07) is 11.9. The summed E-state index contributed by atoms with van der Waals surface area (Å²) in [5.74, 6) is 0.655. The van der Waals surface area contributed by atoms with Crippen molar-refractivity contribution < 1.29 is 17.6 Å². The zero-order valence-electron chi connectivity index (χ0n) is 14.1. The standard InChI is InChI=1S/C17H16ClN3O4S/c1-11-4-3-5-12(8-11)17-21-20-16(25-17)10-19-26(22,23)15-9-13(18)6-7-14(15)24-2/h3-9,19H,10H2,1-2H3. The van der Waals surface area contributed by atoms with Crippen LogP contribution in [0.15, 0.2) is 51.8 Å². The number of nitrogens with one attached hydrogen (secondary N) is 1. The topological polar surface area (TPSA) is 94.3 Å². The minimum atomic E-state index is -3.87.